The number of ether oxygens (including phenoxy) is 1. The van der Waals surface area contributed by atoms with Crippen molar-refractivity contribution in [2.45, 2.75) is 13.5 Å². The normalized spacial score (nSPS) is 10.8. The van der Waals surface area contributed by atoms with Crippen LogP contribution in [0.25, 0.3) is 10.8 Å². The number of para-hydroxylation sites is 1. The number of aryl methyl sites for hydroxylation is 1. The number of aromatic nitrogens is 3. The highest BCUT2D eigenvalue weighted by Crippen LogP contribution is 2.29. The summed E-state index contributed by atoms with van der Waals surface area (Å²) < 4.78 is 6.52. The van der Waals surface area contributed by atoms with Crippen LogP contribution in [-0.2, 0) is 23.2 Å². The van der Waals surface area contributed by atoms with E-state index in [-0.39, 0.29) is 23.8 Å². The Morgan fingerprint density at radius 3 is 2.45 bits per heavy atom. The molecule has 0 atom stereocenters. The molecule has 8 nitrogen and oxygen atoms in total. The van der Waals surface area contributed by atoms with E-state index in [1.54, 1.807) is 29.6 Å². The van der Waals surface area contributed by atoms with Crippen molar-refractivity contribution in [2.75, 3.05) is 4.90 Å². The molecule has 0 spiro atoms. The molecule has 0 unspecified atom stereocenters. The van der Waals surface area contributed by atoms with Gasteiger partial charge in [-0.3, -0.25) is 14.5 Å². The van der Waals surface area contributed by atoms with E-state index in [0.717, 1.165) is 4.68 Å². The summed E-state index contributed by atoms with van der Waals surface area (Å²) in [4.78, 5) is 43.0. The van der Waals surface area contributed by atoms with Crippen LogP contribution in [0.3, 0.4) is 0 Å². The Hall–Kier alpha value is -3.85. The molecule has 0 aliphatic carbocycles. The number of fused-ring (bicyclic) bond motifs is 1. The van der Waals surface area contributed by atoms with Gasteiger partial charge in [-0.15, -0.1) is 11.3 Å². The number of carbonyl (C=O) groups is 2. The third-order valence-electron chi connectivity index (χ3n) is 4.56. The minimum Gasteiger partial charge on any atom is -0.454 e. The van der Waals surface area contributed by atoms with Gasteiger partial charge in [-0.25, -0.2) is 14.5 Å². The molecule has 9 heteroatoms. The molecule has 0 saturated carbocycles. The van der Waals surface area contributed by atoms with Gasteiger partial charge >= 0.3 is 5.97 Å². The van der Waals surface area contributed by atoms with Crippen LogP contribution < -0.4 is 10.5 Å². The number of anilines is 2. The molecule has 0 saturated heterocycles. The van der Waals surface area contributed by atoms with Crippen LogP contribution in [0.5, 0.6) is 0 Å². The molecule has 1 amide bonds. The maximum Gasteiger partial charge on any atom is 0.359 e. The van der Waals surface area contributed by atoms with Crippen LogP contribution in [0, 0.1) is 0 Å². The summed E-state index contributed by atoms with van der Waals surface area (Å²) in [6.45, 7) is 1.37. The van der Waals surface area contributed by atoms with E-state index in [9.17, 15) is 14.4 Å². The molecule has 0 aliphatic heterocycles. The van der Waals surface area contributed by atoms with Gasteiger partial charge < -0.3 is 4.74 Å². The highest BCUT2D eigenvalue weighted by atomic mass is 32.1. The zero-order valence-electron chi connectivity index (χ0n) is 16.8. The second kappa shape index (κ2) is 8.49. The molecule has 156 valence electrons. The van der Waals surface area contributed by atoms with Crippen LogP contribution >= 0.6 is 11.3 Å². The highest BCUT2D eigenvalue weighted by molar-refractivity contribution is 7.14. The summed E-state index contributed by atoms with van der Waals surface area (Å²) in [7, 11) is 1.48. The summed E-state index contributed by atoms with van der Waals surface area (Å²) in [6.07, 6.45) is 0. The van der Waals surface area contributed by atoms with Crippen LogP contribution in [0.15, 0.2) is 64.8 Å². The number of amides is 1. The van der Waals surface area contributed by atoms with E-state index in [1.165, 1.54) is 30.2 Å². The van der Waals surface area contributed by atoms with Gasteiger partial charge in [-0.1, -0.05) is 36.4 Å². The molecule has 4 aromatic rings. The Kier molecular flexibility index (Phi) is 5.59. The topological polar surface area (TPSA) is 94.4 Å². The molecule has 0 aliphatic rings. The quantitative estimate of drug-likeness (QED) is 0.447. The van der Waals surface area contributed by atoms with Crippen molar-refractivity contribution < 1.29 is 14.3 Å². The number of nitrogens with zero attached hydrogens (tertiary/aromatic N) is 4. The second-order valence-corrected chi connectivity index (χ2v) is 7.55. The molecular formula is C22H18N4O4S. The fourth-order valence-corrected chi connectivity index (χ4v) is 4.00. The van der Waals surface area contributed by atoms with Gasteiger partial charge in [0.1, 0.15) is 6.61 Å². The van der Waals surface area contributed by atoms with Gasteiger partial charge in [0.15, 0.2) is 10.8 Å². The summed E-state index contributed by atoms with van der Waals surface area (Å²) in [5.41, 5.74) is 0.975. The fraction of sp³-hybridized carbons (Fsp3) is 0.136. The SMILES string of the molecule is CC(=O)N(c1ccccc1)c1nc(COC(=O)c2nn(C)c(=O)c3ccccc23)cs1. The predicted octanol–water partition coefficient (Wildman–Crippen LogP) is 3.43. The first-order valence-electron chi connectivity index (χ1n) is 9.39. The molecule has 2 heterocycles. The molecule has 0 bridgehead atoms. The highest BCUT2D eigenvalue weighted by Gasteiger charge is 2.20. The van der Waals surface area contributed by atoms with E-state index in [0.29, 0.717) is 27.3 Å². The average Bonchev–Trinajstić information content (AvgIpc) is 3.23. The molecule has 0 fully saturated rings. The number of benzene rings is 2. The fourth-order valence-electron chi connectivity index (χ4n) is 3.13. The standard InChI is InChI=1S/C22H18N4O4S/c1-14(27)26(16-8-4-3-5-9-16)22-23-15(13-31-22)12-30-21(29)19-17-10-6-7-11-18(17)20(28)25(2)24-19/h3-11,13H,12H2,1-2H3. The van der Waals surface area contributed by atoms with Crippen LogP contribution in [0.1, 0.15) is 23.1 Å². The molecule has 2 aromatic carbocycles. The first-order valence-corrected chi connectivity index (χ1v) is 10.3. The van der Waals surface area contributed by atoms with E-state index in [2.05, 4.69) is 10.1 Å². The number of rotatable bonds is 5. The Labute approximate surface area is 181 Å². The summed E-state index contributed by atoms with van der Waals surface area (Å²) >= 11 is 1.28. The number of hydrogen-bond donors (Lipinski definition) is 0. The van der Waals surface area contributed by atoms with Crippen molar-refractivity contribution in [1.29, 1.82) is 0 Å². The minimum atomic E-state index is -0.659. The molecule has 0 radical (unpaired) electrons. The van der Waals surface area contributed by atoms with Gasteiger partial charge in [0.05, 0.1) is 16.8 Å². The molecule has 2 aromatic heterocycles. The zero-order chi connectivity index (χ0) is 22.0. The molecular weight excluding hydrogens is 416 g/mol. The number of thiazole rings is 1. The Morgan fingerprint density at radius 2 is 1.74 bits per heavy atom. The van der Waals surface area contributed by atoms with Crippen LogP contribution in [0.2, 0.25) is 0 Å². The van der Waals surface area contributed by atoms with Gasteiger partial charge in [-0.2, -0.15) is 5.10 Å². The van der Waals surface area contributed by atoms with E-state index >= 15 is 0 Å². The maximum absolute atomic E-state index is 12.7. The lowest BCUT2D eigenvalue weighted by atomic mass is 10.1. The molecule has 31 heavy (non-hydrogen) atoms. The predicted molar refractivity (Wildman–Crippen MR) is 117 cm³/mol. The van der Waals surface area contributed by atoms with E-state index in [4.69, 9.17) is 4.74 Å². The van der Waals surface area contributed by atoms with Crippen molar-refractivity contribution >= 4 is 44.8 Å². The van der Waals surface area contributed by atoms with Crippen molar-refractivity contribution in [3.8, 4) is 0 Å². The van der Waals surface area contributed by atoms with E-state index in [1.807, 2.05) is 30.3 Å². The van der Waals surface area contributed by atoms with Crippen molar-refractivity contribution in [1.82, 2.24) is 14.8 Å². The summed E-state index contributed by atoms with van der Waals surface area (Å²) in [5.74, 6) is -0.835. The number of esters is 1. The smallest absolute Gasteiger partial charge is 0.359 e. The third-order valence-corrected chi connectivity index (χ3v) is 5.44. The Balaban J connectivity index is 1.55. The van der Waals surface area contributed by atoms with Crippen molar-refractivity contribution in [2.24, 2.45) is 7.05 Å². The first kappa shape index (κ1) is 20.4. The summed E-state index contributed by atoms with van der Waals surface area (Å²) in [5, 5.41) is 7.10. The van der Waals surface area contributed by atoms with E-state index < -0.39 is 5.97 Å². The number of hydrogen-bond acceptors (Lipinski definition) is 7. The monoisotopic (exact) mass is 434 g/mol. The lowest BCUT2D eigenvalue weighted by Crippen LogP contribution is -2.24. The Bertz CT molecular complexity index is 1330. The first-order chi connectivity index (χ1) is 15.0. The van der Waals surface area contributed by atoms with Crippen LogP contribution in [0.4, 0.5) is 10.8 Å². The lowest BCUT2D eigenvalue weighted by Gasteiger charge is -2.17. The van der Waals surface area contributed by atoms with Crippen LogP contribution in [-0.4, -0.2) is 26.6 Å². The minimum absolute atomic E-state index is 0.0581. The third kappa shape index (κ3) is 4.08. The Morgan fingerprint density at radius 1 is 1.06 bits per heavy atom. The zero-order valence-corrected chi connectivity index (χ0v) is 17.6. The summed E-state index contributed by atoms with van der Waals surface area (Å²) in [6, 6.07) is 15.9. The van der Waals surface area contributed by atoms with Gasteiger partial charge in [0.2, 0.25) is 5.91 Å². The second-order valence-electron chi connectivity index (χ2n) is 6.71. The largest absolute Gasteiger partial charge is 0.454 e. The maximum atomic E-state index is 12.7. The van der Waals surface area contributed by atoms with Crippen molar-refractivity contribution in [3.05, 3.63) is 81.7 Å². The van der Waals surface area contributed by atoms with Gasteiger partial charge in [-0.05, 0) is 18.2 Å². The number of carbonyl (C=O) groups excluding carboxylic acids is 2. The van der Waals surface area contributed by atoms with Gasteiger partial charge in [0, 0.05) is 24.7 Å². The van der Waals surface area contributed by atoms with Crippen molar-refractivity contribution in [3.63, 3.8) is 0 Å². The average molecular weight is 434 g/mol. The van der Waals surface area contributed by atoms with Gasteiger partial charge in [0.25, 0.3) is 5.56 Å². The lowest BCUT2D eigenvalue weighted by molar-refractivity contribution is -0.115. The molecule has 4 rings (SSSR count). The molecule has 0 N–H and O–H groups in total.